The Morgan fingerprint density at radius 1 is 1.05 bits per heavy atom. The number of aromatic nitrogens is 1. The van der Waals surface area contributed by atoms with Gasteiger partial charge in [0.15, 0.2) is 0 Å². The number of rotatable bonds is 3. The zero-order chi connectivity index (χ0) is 14.7. The van der Waals surface area contributed by atoms with Crippen molar-refractivity contribution >= 4 is 11.5 Å². The van der Waals surface area contributed by atoms with Crippen LogP contribution in [-0.2, 0) is 0 Å². The average Bonchev–Trinajstić information content (AvgIpc) is 2.55. The lowest BCUT2D eigenvalue weighted by Crippen LogP contribution is -2.26. The van der Waals surface area contributed by atoms with Crippen LogP contribution >= 0.6 is 0 Å². The number of amidine groups is 1. The predicted molar refractivity (Wildman–Crippen MR) is 82.7 cm³/mol. The first kappa shape index (κ1) is 13.3. The van der Waals surface area contributed by atoms with E-state index >= 15 is 0 Å². The molecule has 2 aromatic rings. The molecule has 0 fully saturated rings. The Morgan fingerprint density at radius 3 is 2.62 bits per heavy atom. The van der Waals surface area contributed by atoms with Crippen molar-refractivity contribution in [2.75, 3.05) is 7.11 Å². The second-order valence-corrected chi connectivity index (χ2v) is 4.81. The van der Waals surface area contributed by atoms with Gasteiger partial charge in [-0.2, -0.15) is 5.10 Å². The number of benzene rings is 1. The third-order valence-corrected chi connectivity index (χ3v) is 3.43. The lowest BCUT2D eigenvalue weighted by Gasteiger charge is -2.21. The van der Waals surface area contributed by atoms with E-state index in [1.54, 1.807) is 7.11 Å². The number of ether oxygens (including phenoxy) is 1. The molecule has 0 amide bonds. The third-order valence-electron chi connectivity index (χ3n) is 3.43. The minimum absolute atomic E-state index is 0.0586. The molecule has 2 N–H and O–H groups in total. The fourth-order valence-corrected chi connectivity index (χ4v) is 2.40. The van der Waals surface area contributed by atoms with Gasteiger partial charge in [-0.3, -0.25) is 0 Å². The van der Waals surface area contributed by atoms with Crippen molar-refractivity contribution in [1.29, 1.82) is 0 Å². The van der Waals surface area contributed by atoms with Gasteiger partial charge in [-0.1, -0.05) is 36.4 Å². The third kappa shape index (κ3) is 2.76. The van der Waals surface area contributed by atoms with E-state index in [0.29, 0.717) is 18.1 Å². The van der Waals surface area contributed by atoms with Crippen molar-refractivity contribution in [3.63, 3.8) is 0 Å². The summed E-state index contributed by atoms with van der Waals surface area (Å²) in [6, 6.07) is 15.8. The van der Waals surface area contributed by atoms with Gasteiger partial charge in [0, 0.05) is 18.4 Å². The molecule has 0 aliphatic carbocycles. The molecule has 0 bridgehead atoms. The number of hydrogen-bond donors (Lipinski definition) is 1. The maximum absolute atomic E-state index is 5.86. The van der Waals surface area contributed by atoms with E-state index in [-0.39, 0.29) is 5.92 Å². The molecule has 1 aliphatic heterocycles. The summed E-state index contributed by atoms with van der Waals surface area (Å²) in [6.07, 6.45) is 0.641. The van der Waals surface area contributed by atoms with E-state index in [1.165, 1.54) is 0 Å². The van der Waals surface area contributed by atoms with Crippen LogP contribution in [0.1, 0.15) is 23.6 Å². The van der Waals surface area contributed by atoms with Crippen molar-refractivity contribution in [2.24, 2.45) is 15.9 Å². The standard InChI is InChI=1S/C16H16N4O/c1-21-15-9-5-8-13(18-15)16-12(10-14(17)19-20-16)11-6-3-2-4-7-11/h2-9,12H,10H2,1H3,(H2,17,19). The molecule has 1 unspecified atom stereocenters. The van der Waals surface area contributed by atoms with Crippen molar-refractivity contribution in [2.45, 2.75) is 12.3 Å². The van der Waals surface area contributed by atoms with E-state index in [1.807, 2.05) is 36.4 Å². The van der Waals surface area contributed by atoms with Gasteiger partial charge in [-0.15, -0.1) is 5.10 Å². The Kier molecular flexibility index (Phi) is 3.64. The van der Waals surface area contributed by atoms with Gasteiger partial charge in [0.1, 0.15) is 5.84 Å². The fraction of sp³-hybridized carbons (Fsp3) is 0.188. The SMILES string of the molecule is COc1cccc(C2=NN=C(N)CC2c2ccccc2)n1. The van der Waals surface area contributed by atoms with Crippen LogP contribution in [0.5, 0.6) is 5.88 Å². The van der Waals surface area contributed by atoms with E-state index in [0.717, 1.165) is 17.0 Å². The topological polar surface area (TPSA) is 72.9 Å². The van der Waals surface area contributed by atoms with Crippen LogP contribution in [0.25, 0.3) is 0 Å². The summed E-state index contributed by atoms with van der Waals surface area (Å²) in [4.78, 5) is 4.45. The zero-order valence-electron chi connectivity index (χ0n) is 11.7. The summed E-state index contributed by atoms with van der Waals surface area (Å²) in [5.41, 5.74) is 8.59. The molecule has 1 aromatic heterocycles. The number of nitrogens with zero attached hydrogens (tertiary/aromatic N) is 3. The highest BCUT2D eigenvalue weighted by molar-refractivity contribution is 6.07. The van der Waals surface area contributed by atoms with Gasteiger partial charge in [-0.25, -0.2) is 4.98 Å². The Morgan fingerprint density at radius 2 is 1.86 bits per heavy atom. The van der Waals surface area contributed by atoms with Crippen molar-refractivity contribution in [3.8, 4) is 5.88 Å². The summed E-state index contributed by atoms with van der Waals surface area (Å²) >= 11 is 0. The lowest BCUT2D eigenvalue weighted by molar-refractivity contribution is 0.397. The maximum Gasteiger partial charge on any atom is 0.213 e. The summed E-state index contributed by atoms with van der Waals surface area (Å²) in [5.74, 6) is 1.16. The molecular weight excluding hydrogens is 264 g/mol. The first-order valence-electron chi connectivity index (χ1n) is 6.74. The fourth-order valence-electron chi connectivity index (χ4n) is 2.40. The summed E-state index contributed by atoms with van der Waals surface area (Å²) in [7, 11) is 1.60. The quantitative estimate of drug-likeness (QED) is 0.937. The molecule has 1 atom stereocenters. The van der Waals surface area contributed by atoms with E-state index < -0.39 is 0 Å². The lowest BCUT2D eigenvalue weighted by atomic mass is 9.88. The smallest absolute Gasteiger partial charge is 0.213 e. The number of methoxy groups -OCH3 is 1. The molecule has 2 heterocycles. The normalized spacial score (nSPS) is 17.9. The molecule has 1 aromatic carbocycles. The van der Waals surface area contributed by atoms with Crippen LogP contribution in [0.3, 0.4) is 0 Å². The highest BCUT2D eigenvalue weighted by Crippen LogP contribution is 2.27. The second kappa shape index (κ2) is 5.75. The molecule has 0 radical (unpaired) electrons. The van der Waals surface area contributed by atoms with Crippen molar-refractivity contribution in [1.82, 2.24) is 4.98 Å². The molecule has 5 nitrogen and oxygen atoms in total. The summed E-state index contributed by atoms with van der Waals surface area (Å²) < 4.78 is 5.18. The molecule has 5 heteroatoms. The largest absolute Gasteiger partial charge is 0.481 e. The zero-order valence-corrected chi connectivity index (χ0v) is 11.7. The number of pyridine rings is 1. The van der Waals surface area contributed by atoms with Crippen LogP contribution in [0.15, 0.2) is 58.7 Å². The number of nitrogens with two attached hydrogens (primary N) is 1. The van der Waals surface area contributed by atoms with Gasteiger partial charge >= 0.3 is 0 Å². The van der Waals surface area contributed by atoms with E-state index in [4.69, 9.17) is 10.5 Å². The molecule has 106 valence electrons. The van der Waals surface area contributed by atoms with E-state index in [2.05, 4.69) is 27.3 Å². The average molecular weight is 280 g/mol. The maximum atomic E-state index is 5.86. The molecule has 21 heavy (non-hydrogen) atoms. The first-order chi connectivity index (χ1) is 10.3. The Balaban J connectivity index is 2.04. The minimum Gasteiger partial charge on any atom is -0.481 e. The van der Waals surface area contributed by atoms with Crippen LogP contribution in [0, 0.1) is 0 Å². The van der Waals surface area contributed by atoms with Gasteiger partial charge in [0.05, 0.1) is 18.5 Å². The van der Waals surface area contributed by atoms with Crippen molar-refractivity contribution in [3.05, 3.63) is 59.8 Å². The molecule has 0 saturated carbocycles. The minimum atomic E-state index is 0.0586. The predicted octanol–water partition coefficient (Wildman–Crippen LogP) is 2.34. The molecular formula is C16H16N4O. The van der Waals surface area contributed by atoms with Gasteiger partial charge in [0.2, 0.25) is 5.88 Å². The van der Waals surface area contributed by atoms with Crippen LogP contribution < -0.4 is 10.5 Å². The Hall–Kier alpha value is -2.69. The van der Waals surface area contributed by atoms with Crippen molar-refractivity contribution < 1.29 is 4.74 Å². The van der Waals surface area contributed by atoms with Gasteiger partial charge in [-0.05, 0) is 11.6 Å². The van der Waals surface area contributed by atoms with E-state index in [9.17, 15) is 0 Å². The molecule has 0 spiro atoms. The highest BCUT2D eigenvalue weighted by Gasteiger charge is 2.25. The van der Waals surface area contributed by atoms with Gasteiger partial charge < -0.3 is 10.5 Å². The van der Waals surface area contributed by atoms with Crippen LogP contribution in [0.2, 0.25) is 0 Å². The first-order valence-corrected chi connectivity index (χ1v) is 6.74. The Bertz CT molecular complexity index is 694. The summed E-state index contributed by atoms with van der Waals surface area (Å²) in [5, 5.41) is 8.30. The molecule has 0 saturated heterocycles. The van der Waals surface area contributed by atoms with Crippen LogP contribution in [-0.4, -0.2) is 23.6 Å². The highest BCUT2D eigenvalue weighted by atomic mass is 16.5. The van der Waals surface area contributed by atoms with Crippen LogP contribution in [0.4, 0.5) is 0 Å². The monoisotopic (exact) mass is 280 g/mol. The number of hydrogen-bond acceptors (Lipinski definition) is 5. The van der Waals surface area contributed by atoms with Gasteiger partial charge in [0.25, 0.3) is 0 Å². The second-order valence-electron chi connectivity index (χ2n) is 4.81. The summed E-state index contributed by atoms with van der Waals surface area (Å²) in [6.45, 7) is 0. The Labute approximate surface area is 123 Å². The molecule has 3 rings (SSSR count). The molecule has 1 aliphatic rings.